The molecule has 0 aliphatic carbocycles. The van der Waals surface area contributed by atoms with Gasteiger partial charge in [-0.25, -0.2) is 4.98 Å². The summed E-state index contributed by atoms with van der Waals surface area (Å²) in [5.74, 6) is -0.164. The molecular formula is C13H15N3O4. The van der Waals surface area contributed by atoms with E-state index in [1.54, 1.807) is 17.9 Å². The van der Waals surface area contributed by atoms with Gasteiger partial charge >= 0.3 is 0 Å². The highest BCUT2D eigenvalue weighted by atomic mass is 16.5. The van der Waals surface area contributed by atoms with E-state index < -0.39 is 0 Å². The quantitative estimate of drug-likeness (QED) is 0.853. The van der Waals surface area contributed by atoms with Crippen molar-refractivity contribution in [2.45, 2.75) is 13.0 Å². The van der Waals surface area contributed by atoms with E-state index in [1.807, 2.05) is 0 Å². The Labute approximate surface area is 115 Å². The highest BCUT2D eigenvalue weighted by Crippen LogP contribution is 2.19. The number of fused-ring (bicyclic) bond motifs is 1. The maximum Gasteiger partial charge on any atom is 0.257 e. The van der Waals surface area contributed by atoms with Crippen LogP contribution in [0.2, 0.25) is 0 Å². The number of rotatable bonds is 2. The number of pyridine rings is 1. The van der Waals surface area contributed by atoms with E-state index in [-0.39, 0.29) is 18.6 Å². The van der Waals surface area contributed by atoms with Crippen molar-refractivity contribution in [1.82, 2.24) is 15.0 Å². The van der Waals surface area contributed by atoms with Crippen molar-refractivity contribution in [2.24, 2.45) is 0 Å². The van der Waals surface area contributed by atoms with Crippen molar-refractivity contribution < 1.29 is 19.2 Å². The number of nitrogens with zero attached hydrogens (tertiary/aromatic N) is 3. The van der Waals surface area contributed by atoms with Crippen LogP contribution >= 0.6 is 0 Å². The van der Waals surface area contributed by atoms with E-state index >= 15 is 0 Å². The first-order valence-electron chi connectivity index (χ1n) is 6.42. The predicted molar refractivity (Wildman–Crippen MR) is 69.3 cm³/mol. The zero-order valence-corrected chi connectivity index (χ0v) is 11.1. The van der Waals surface area contributed by atoms with Crippen LogP contribution in [0.4, 0.5) is 0 Å². The summed E-state index contributed by atoms with van der Waals surface area (Å²) >= 11 is 0. The minimum Gasteiger partial charge on any atom is -0.394 e. The number of carbonyl (C=O) groups is 1. The number of aliphatic hydroxyl groups is 1. The summed E-state index contributed by atoms with van der Waals surface area (Å²) in [4.78, 5) is 18.2. The predicted octanol–water partition coefficient (Wildman–Crippen LogP) is 0.365. The number of aliphatic hydroxyl groups excluding tert-OH is 1. The molecule has 1 aliphatic rings. The van der Waals surface area contributed by atoms with Crippen molar-refractivity contribution in [3.05, 3.63) is 23.5 Å². The van der Waals surface area contributed by atoms with Crippen LogP contribution < -0.4 is 0 Å². The molecule has 0 spiro atoms. The molecule has 1 unspecified atom stereocenters. The minimum absolute atomic E-state index is 0.117. The molecule has 1 atom stereocenters. The Hall–Kier alpha value is -1.99. The summed E-state index contributed by atoms with van der Waals surface area (Å²) in [5.41, 5.74) is 1.58. The average molecular weight is 277 g/mol. The molecule has 0 radical (unpaired) electrons. The smallest absolute Gasteiger partial charge is 0.257 e. The van der Waals surface area contributed by atoms with Crippen LogP contribution in [0.3, 0.4) is 0 Å². The van der Waals surface area contributed by atoms with Gasteiger partial charge in [-0.1, -0.05) is 5.16 Å². The highest BCUT2D eigenvalue weighted by Gasteiger charge is 2.28. The topological polar surface area (TPSA) is 88.7 Å². The van der Waals surface area contributed by atoms with Crippen molar-refractivity contribution in [3.63, 3.8) is 0 Å². The summed E-state index contributed by atoms with van der Waals surface area (Å²) in [6.45, 7) is 2.97. The highest BCUT2D eigenvalue weighted by molar-refractivity contribution is 5.97. The zero-order chi connectivity index (χ0) is 14.1. The van der Waals surface area contributed by atoms with Crippen LogP contribution in [-0.2, 0) is 4.74 Å². The van der Waals surface area contributed by atoms with E-state index in [2.05, 4.69) is 10.1 Å². The fraction of sp³-hybridized carbons (Fsp3) is 0.462. The Morgan fingerprint density at radius 3 is 3.25 bits per heavy atom. The zero-order valence-electron chi connectivity index (χ0n) is 11.1. The second-order valence-corrected chi connectivity index (χ2v) is 4.75. The number of hydrogen-bond donors (Lipinski definition) is 1. The van der Waals surface area contributed by atoms with Gasteiger partial charge in [0, 0.05) is 12.7 Å². The molecule has 7 nitrogen and oxygen atoms in total. The van der Waals surface area contributed by atoms with Crippen LogP contribution in [0.15, 0.2) is 16.8 Å². The lowest BCUT2D eigenvalue weighted by Gasteiger charge is -2.34. The molecule has 3 heterocycles. The third kappa shape index (κ3) is 2.14. The molecule has 2 aromatic heterocycles. The van der Waals surface area contributed by atoms with Gasteiger partial charge in [0.25, 0.3) is 11.6 Å². The third-order valence-corrected chi connectivity index (χ3v) is 3.46. The summed E-state index contributed by atoms with van der Waals surface area (Å²) in [6.07, 6.45) is 1.47. The SMILES string of the molecule is Cc1noc2ncc(C(=O)N3CCOCC3CO)cc12. The van der Waals surface area contributed by atoms with Crippen molar-refractivity contribution in [1.29, 1.82) is 0 Å². The summed E-state index contributed by atoms with van der Waals surface area (Å²) in [6, 6.07) is 1.41. The molecule has 0 bridgehead atoms. The molecule has 1 fully saturated rings. The van der Waals surface area contributed by atoms with E-state index in [1.165, 1.54) is 6.20 Å². The van der Waals surface area contributed by atoms with Crippen molar-refractivity contribution in [3.8, 4) is 0 Å². The maximum absolute atomic E-state index is 12.5. The van der Waals surface area contributed by atoms with Gasteiger partial charge in [0.1, 0.15) is 0 Å². The Morgan fingerprint density at radius 2 is 2.45 bits per heavy atom. The van der Waals surface area contributed by atoms with E-state index in [9.17, 15) is 9.90 Å². The van der Waals surface area contributed by atoms with Gasteiger partial charge < -0.3 is 19.3 Å². The number of amides is 1. The molecule has 2 aromatic rings. The fourth-order valence-corrected chi connectivity index (χ4v) is 2.30. The molecule has 20 heavy (non-hydrogen) atoms. The molecule has 3 rings (SSSR count). The molecule has 1 aliphatic heterocycles. The molecule has 1 saturated heterocycles. The van der Waals surface area contributed by atoms with Gasteiger partial charge in [-0.05, 0) is 13.0 Å². The second-order valence-electron chi connectivity index (χ2n) is 4.75. The molecule has 1 N–H and O–H groups in total. The van der Waals surface area contributed by atoms with E-state index in [0.717, 1.165) is 5.39 Å². The van der Waals surface area contributed by atoms with Crippen LogP contribution in [-0.4, -0.2) is 58.5 Å². The third-order valence-electron chi connectivity index (χ3n) is 3.46. The number of ether oxygens (including phenoxy) is 1. The lowest BCUT2D eigenvalue weighted by molar-refractivity contribution is -0.0184. The van der Waals surface area contributed by atoms with Crippen LogP contribution in [0.25, 0.3) is 11.1 Å². The van der Waals surface area contributed by atoms with Crippen LogP contribution in [0, 0.1) is 6.92 Å². The Bertz CT molecular complexity index is 640. The summed E-state index contributed by atoms with van der Waals surface area (Å²) in [5, 5.41) is 13.9. The van der Waals surface area contributed by atoms with Gasteiger partial charge in [-0.15, -0.1) is 0 Å². The number of aryl methyl sites for hydroxylation is 1. The number of aromatic nitrogens is 2. The van der Waals surface area contributed by atoms with Crippen LogP contribution in [0.1, 0.15) is 16.1 Å². The number of carbonyl (C=O) groups excluding carboxylic acids is 1. The fourth-order valence-electron chi connectivity index (χ4n) is 2.30. The standard InChI is InChI=1S/C13H15N3O4/c1-8-11-4-9(5-14-12(11)20-15-8)13(18)16-2-3-19-7-10(16)6-17/h4-5,10,17H,2-3,6-7H2,1H3. The monoisotopic (exact) mass is 277 g/mol. The number of morpholine rings is 1. The van der Waals surface area contributed by atoms with Gasteiger partial charge in [-0.2, -0.15) is 0 Å². The Kier molecular flexibility index (Phi) is 3.37. The molecule has 0 aromatic carbocycles. The van der Waals surface area contributed by atoms with Crippen LogP contribution in [0.5, 0.6) is 0 Å². The summed E-state index contributed by atoms with van der Waals surface area (Å²) < 4.78 is 10.3. The average Bonchev–Trinajstić information content (AvgIpc) is 2.87. The normalized spacial score (nSPS) is 19.5. The van der Waals surface area contributed by atoms with Gasteiger partial charge in [-0.3, -0.25) is 4.79 Å². The molecular weight excluding hydrogens is 262 g/mol. The van der Waals surface area contributed by atoms with E-state index in [0.29, 0.717) is 36.7 Å². The lowest BCUT2D eigenvalue weighted by Crippen LogP contribution is -2.50. The second kappa shape index (κ2) is 5.18. The first kappa shape index (κ1) is 13.0. The molecule has 0 saturated carbocycles. The first-order chi connectivity index (χ1) is 9.70. The molecule has 1 amide bonds. The maximum atomic E-state index is 12.5. The minimum atomic E-state index is -0.310. The Balaban J connectivity index is 1.92. The largest absolute Gasteiger partial charge is 0.394 e. The number of hydrogen-bond acceptors (Lipinski definition) is 6. The van der Waals surface area contributed by atoms with Crippen molar-refractivity contribution in [2.75, 3.05) is 26.4 Å². The first-order valence-corrected chi connectivity index (χ1v) is 6.42. The molecule has 7 heteroatoms. The van der Waals surface area contributed by atoms with Gasteiger partial charge in [0.15, 0.2) is 0 Å². The van der Waals surface area contributed by atoms with Gasteiger partial charge in [0.05, 0.1) is 42.5 Å². The summed E-state index contributed by atoms with van der Waals surface area (Å²) in [7, 11) is 0. The van der Waals surface area contributed by atoms with Crippen molar-refractivity contribution >= 4 is 17.0 Å². The van der Waals surface area contributed by atoms with Gasteiger partial charge in [0.2, 0.25) is 0 Å². The molecule has 106 valence electrons. The lowest BCUT2D eigenvalue weighted by atomic mass is 10.1. The van der Waals surface area contributed by atoms with E-state index in [4.69, 9.17) is 9.26 Å². The Morgan fingerprint density at radius 1 is 1.60 bits per heavy atom.